The van der Waals surface area contributed by atoms with E-state index in [2.05, 4.69) is 4.18 Å². The van der Waals surface area contributed by atoms with E-state index >= 15 is 0 Å². The molecule has 1 aliphatic heterocycles. The number of hydrogen-bond acceptors (Lipinski definition) is 3. The van der Waals surface area contributed by atoms with Gasteiger partial charge >= 0.3 is 16.6 Å². The number of alkyl halides is 3. The topological polar surface area (TPSA) is 29.5 Å². The van der Waals surface area contributed by atoms with Crippen molar-refractivity contribution in [3.8, 4) is 0 Å². The summed E-state index contributed by atoms with van der Waals surface area (Å²) in [4.78, 5) is 1.74. The van der Waals surface area contributed by atoms with E-state index in [9.17, 15) is 17.4 Å². The van der Waals surface area contributed by atoms with Gasteiger partial charge in [-0.3, -0.25) is 4.90 Å². The minimum Gasteiger partial charge on any atom is -0.398 e. The van der Waals surface area contributed by atoms with Crippen molar-refractivity contribution < 1.29 is 21.6 Å². The molecular weight excluding hydrogens is 207 g/mol. The highest BCUT2D eigenvalue weighted by Crippen LogP contribution is 2.23. The van der Waals surface area contributed by atoms with Crippen LogP contribution < -0.4 is 0 Å². The van der Waals surface area contributed by atoms with Gasteiger partial charge < -0.3 is 4.18 Å². The first kappa shape index (κ1) is 10.5. The number of rotatable bonds is 2. The molecule has 0 aromatic carbocycles. The van der Waals surface area contributed by atoms with Gasteiger partial charge in [0.25, 0.3) is 0 Å². The second-order valence-electron chi connectivity index (χ2n) is 2.63. The van der Waals surface area contributed by atoms with E-state index in [-0.39, 0.29) is 12.3 Å². The predicted molar refractivity (Wildman–Crippen MR) is 40.9 cm³/mol. The maximum atomic E-state index is 11.7. The molecule has 0 N–H and O–H groups in total. The summed E-state index contributed by atoms with van der Waals surface area (Å²) >= 11 is -3.24. The molecule has 13 heavy (non-hydrogen) atoms. The Bertz CT molecular complexity index is 251. The Kier molecular flexibility index (Phi) is 2.97. The molecule has 76 valence electrons. The van der Waals surface area contributed by atoms with Crippen LogP contribution in [0.3, 0.4) is 0 Å². The molecule has 0 fully saturated rings. The Morgan fingerprint density at radius 3 is 2.62 bits per heavy atom. The lowest BCUT2D eigenvalue weighted by Gasteiger charge is -2.09. The van der Waals surface area contributed by atoms with E-state index in [0.717, 1.165) is 0 Å². The lowest BCUT2D eigenvalue weighted by atomic mass is 10.5. The molecule has 0 saturated carbocycles. The second kappa shape index (κ2) is 3.67. The first-order valence-electron chi connectivity index (χ1n) is 3.44. The van der Waals surface area contributed by atoms with Gasteiger partial charge in [-0.15, -0.1) is 0 Å². The number of halogens is 3. The maximum Gasteiger partial charge on any atom is 0.508 e. The predicted octanol–water partition coefficient (Wildman–Crippen LogP) is 1.02. The van der Waals surface area contributed by atoms with Crippen molar-refractivity contribution in [2.24, 2.45) is 0 Å². The highest BCUT2D eigenvalue weighted by molar-refractivity contribution is 7.81. The van der Waals surface area contributed by atoms with E-state index < -0.39 is 16.6 Å². The molecule has 0 aromatic rings. The summed E-state index contributed by atoms with van der Waals surface area (Å²) in [6.07, 6.45) is 1.48. The van der Waals surface area contributed by atoms with Crippen LogP contribution in [0.1, 0.15) is 0 Å². The van der Waals surface area contributed by atoms with Gasteiger partial charge in [-0.2, -0.15) is 13.2 Å². The standard InChI is InChI=1S/C6H8F3NO2S/c1-10-3-2-5(4-10)12-13(11)6(7,8)9/h2H,3-4H2,1H3. The van der Waals surface area contributed by atoms with E-state index in [1.54, 1.807) is 11.9 Å². The van der Waals surface area contributed by atoms with Crippen LogP contribution >= 0.6 is 0 Å². The lowest BCUT2D eigenvalue weighted by Crippen LogP contribution is -2.20. The number of hydrogen-bond donors (Lipinski definition) is 0. The van der Waals surface area contributed by atoms with Crippen LogP contribution in [0.2, 0.25) is 0 Å². The van der Waals surface area contributed by atoms with Gasteiger partial charge in [-0.05, 0) is 13.1 Å². The Balaban J connectivity index is 2.47. The Hall–Kier alpha value is -0.560. The van der Waals surface area contributed by atoms with Gasteiger partial charge in [-0.1, -0.05) is 0 Å². The molecule has 1 unspecified atom stereocenters. The van der Waals surface area contributed by atoms with Crippen molar-refractivity contribution in [2.45, 2.75) is 5.51 Å². The third kappa shape index (κ3) is 3.00. The first-order chi connectivity index (χ1) is 5.89. The third-order valence-corrected chi connectivity index (χ3v) is 2.17. The fourth-order valence-electron chi connectivity index (χ4n) is 0.858. The average Bonchev–Trinajstić information content (AvgIpc) is 2.33. The van der Waals surface area contributed by atoms with Crippen LogP contribution in [0.4, 0.5) is 13.2 Å². The second-order valence-corrected chi connectivity index (χ2v) is 3.73. The number of likely N-dealkylation sites (N-methyl/N-ethyl adjacent to an activating group) is 1. The molecule has 1 aliphatic rings. The normalized spacial score (nSPS) is 21.4. The molecule has 1 atom stereocenters. The SMILES string of the molecule is CN1CC=C(OS(=O)C(F)(F)F)C1. The van der Waals surface area contributed by atoms with Crippen LogP contribution in [0, 0.1) is 0 Å². The smallest absolute Gasteiger partial charge is 0.398 e. The molecular formula is C6H8F3NO2S. The van der Waals surface area contributed by atoms with Gasteiger partial charge in [0, 0.05) is 6.54 Å². The van der Waals surface area contributed by atoms with Crippen molar-refractivity contribution in [3.63, 3.8) is 0 Å². The molecule has 1 heterocycles. The molecule has 0 saturated heterocycles. The molecule has 0 aromatic heterocycles. The van der Waals surface area contributed by atoms with E-state index in [1.807, 2.05) is 0 Å². The highest BCUT2D eigenvalue weighted by atomic mass is 32.2. The summed E-state index contributed by atoms with van der Waals surface area (Å²) in [6, 6.07) is 0. The van der Waals surface area contributed by atoms with Crippen molar-refractivity contribution in [2.75, 3.05) is 20.1 Å². The summed E-state index contributed by atoms with van der Waals surface area (Å²) in [7, 11) is 1.73. The van der Waals surface area contributed by atoms with Crippen LogP contribution in [0.5, 0.6) is 0 Å². The molecule has 1 rings (SSSR count). The molecule has 0 amide bonds. The molecule has 0 radical (unpaired) electrons. The summed E-state index contributed by atoms with van der Waals surface area (Å²) < 4.78 is 49.8. The molecule has 0 bridgehead atoms. The lowest BCUT2D eigenvalue weighted by molar-refractivity contribution is -0.0456. The van der Waals surface area contributed by atoms with Gasteiger partial charge in [0.2, 0.25) is 0 Å². The third-order valence-electron chi connectivity index (χ3n) is 1.43. The van der Waals surface area contributed by atoms with Crippen molar-refractivity contribution in [1.82, 2.24) is 4.90 Å². The summed E-state index contributed by atoms with van der Waals surface area (Å²) in [6.45, 7) is 0.784. The van der Waals surface area contributed by atoms with Crippen LogP contribution in [-0.4, -0.2) is 34.8 Å². The van der Waals surface area contributed by atoms with E-state index in [1.165, 1.54) is 6.08 Å². The fourth-order valence-corrected chi connectivity index (χ4v) is 1.27. The highest BCUT2D eigenvalue weighted by Gasteiger charge is 2.40. The summed E-state index contributed by atoms with van der Waals surface area (Å²) in [5, 5.41) is 0. The largest absolute Gasteiger partial charge is 0.508 e. The molecule has 0 spiro atoms. The summed E-state index contributed by atoms with van der Waals surface area (Å²) in [5.74, 6) is 0.109. The van der Waals surface area contributed by atoms with Crippen molar-refractivity contribution in [1.29, 1.82) is 0 Å². The molecule has 3 nitrogen and oxygen atoms in total. The Labute approximate surface area is 75.8 Å². The quantitative estimate of drug-likeness (QED) is 0.688. The number of nitrogens with zero attached hydrogens (tertiary/aromatic N) is 1. The van der Waals surface area contributed by atoms with Crippen LogP contribution in [0.15, 0.2) is 11.8 Å². The summed E-state index contributed by atoms with van der Waals surface area (Å²) in [5.41, 5.74) is -4.80. The van der Waals surface area contributed by atoms with Crippen molar-refractivity contribution >= 4 is 11.1 Å². The average molecular weight is 215 g/mol. The zero-order valence-electron chi connectivity index (χ0n) is 6.80. The molecule has 0 aliphatic carbocycles. The van der Waals surface area contributed by atoms with Crippen molar-refractivity contribution in [3.05, 3.63) is 11.8 Å². The Morgan fingerprint density at radius 2 is 2.23 bits per heavy atom. The first-order valence-corrected chi connectivity index (χ1v) is 4.51. The zero-order chi connectivity index (χ0) is 10.1. The fraction of sp³-hybridized carbons (Fsp3) is 0.667. The Morgan fingerprint density at radius 1 is 1.62 bits per heavy atom. The zero-order valence-corrected chi connectivity index (χ0v) is 7.61. The minimum atomic E-state index is -4.80. The van der Waals surface area contributed by atoms with Gasteiger partial charge in [-0.25, -0.2) is 4.21 Å². The van der Waals surface area contributed by atoms with Gasteiger partial charge in [0.1, 0.15) is 5.76 Å². The van der Waals surface area contributed by atoms with Crippen LogP contribution in [0.25, 0.3) is 0 Å². The minimum absolute atomic E-state index is 0.109. The van der Waals surface area contributed by atoms with Gasteiger partial charge in [0.15, 0.2) is 0 Å². The maximum absolute atomic E-state index is 11.7. The van der Waals surface area contributed by atoms with Gasteiger partial charge in [0.05, 0.1) is 6.54 Å². The molecule has 7 heteroatoms. The van der Waals surface area contributed by atoms with E-state index in [4.69, 9.17) is 0 Å². The monoisotopic (exact) mass is 215 g/mol. The van der Waals surface area contributed by atoms with Crippen LogP contribution in [-0.2, 0) is 15.3 Å². The van der Waals surface area contributed by atoms with E-state index in [0.29, 0.717) is 6.54 Å².